The topological polar surface area (TPSA) is 44.8 Å². The first-order chi connectivity index (χ1) is 6.93. The van der Waals surface area contributed by atoms with E-state index in [9.17, 15) is 4.79 Å². The Morgan fingerprint density at radius 3 is 2.40 bits per heavy atom. The van der Waals surface area contributed by atoms with E-state index in [1.165, 1.54) is 6.26 Å². The summed E-state index contributed by atoms with van der Waals surface area (Å²) in [5.41, 5.74) is 0.0228. The van der Waals surface area contributed by atoms with Crippen molar-refractivity contribution in [3.8, 4) is 0 Å². The van der Waals surface area contributed by atoms with Gasteiger partial charge in [0.05, 0.1) is 12.2 Å². The first-order valence-electron chi connectivity index (χ1n) is 5.11. The maximum absolute atomic E-state index is 11.1. The fourth-order valence-electron chi connectivity index (χ4n) is 0.578. The highest BCUT2D eigenvalue weighted by atomic mass is 17.2. The summed E-state index contributed by atoms with van der Waals surface area (Å²) in [6, 6.07) is 0. The Morgan fingerprint density at radius 1 is 1.33 bits per heavy atom. The van der Waals surface area contributed by atoms with Crippen LogP contribution >= 0.6 is 0 Å². The third-order valence-corrected chi connectivity index (χ3v) is 1.95. The fraction of sp³-hybridized carbons (Fsp3) is 0.727. The molecule has 4 nitrogen and oxygen atoms in total. The molecule has 15 heavy (non-hydrogen) atoms. The average Bonchev–Trinajstić information content (AvgIpc) is 2.18. The minimum atomic E-state index is -0.393. The molecule has 4 heteroatoms. The second-order valence-corrected chi connectivity index (χ2v) is 3.81. The lowest BCUT2D eigenvalue weighted by Crippen LogP contribution is -2.22. The van der Waals surface area contributed by atoms with Crippen LogP contribution in [0.25, 0.3) is 0 Å². The molecule has 0 N–H and O–H groups in total. The Bertz CT molecular complexity index is 231. The van der Waals surface area contributed by atoms with Crippen LogP contribution in [-0.2, 0) is 19.3 Å². The lowest BCUT2D eigenvalue weighted by atomic mass is 10.1. The van der Waals surface area contributed by atoms with Crippen molar-refractivity contribution in [2.24, 2.45) is 0 Å². The molecular formula is C11H20O4. The molecule has 0 amide bonds. The highest BCUT2D eigenvalue weighted by Gasteiger charge is 2.17. The molecule has 0 unspecified atom stereocenters. The molecule has 0 heterocycles. The Balaban J connectivity index is 4.01. The largest absolute Gasteiger partial charge is 0.463 e. The number of hydrogen-bond donors (Lipinski definition) is 0. The van der Waals surface area contributed by atoms with Gasteiger partial charge in [-0.15, -0.1) is 0 Å². The molecule has 0 saturated carbocycles. The highest BCUT2D eigenvalue weighted by Crippen LogP contribution is 2.14. The summed E-state index contributed by atoms with van der Waals surface area (Å²) in [6.07, 6.45) is 2.08. The maximum Gasteiger partial charge on any atom is 0.336 e. The summed E-state index contributed by atoms with van der Waals surface area (Å²) in [4.78, 5) is 21.1. The van der Waals surface area contributed by atoms with E-state index >= 15 is 0 Å². The molecule has 88 valence electrons. The van der Waals surface area contributed by atoms with Crippen LogP contribution in [0.1, 0.15) is 41.0 Å². The minimum absolute atomic E-state index is 0.353. The number of rotatable bonds is 6. The Morgan fingerprint density at radius 2 is 1.93 bits per heavy atom. The zero-order valence-corrected chi connectivity index (χ0v) is 10.1. The Labute approximate surface area is 91.1 Å². The molecule has 0 fully saturated rings. The van der Waals surface area contributed by atoms with Gasteiger partial charge in [0.1, 0.15) is 11.9 Å². The lowest BCUT2D eigenvalue weighted by molar-refractivity contribution is -0.317. The molecule has 0 bridgehead atoms. The summed E-state index contributed by atoms with van der Waals surface area (Å²) >= 11 is 0. The number of hydrogen-bond acceptors (Lipinski definition) is 4. The summed E-state index contributed by atoms with van der Waals surface area (Å²) in [7, 11) is 0. The van der Waals surface area contributed by atoms with Crippen molar-refractivity contribution in [1.29, 1.82) is 0 Å². The van der Waals surface area contributed by atoms with Gasteiger partial charge >= 0.3 is 5.97 Å². The predicted molar refractivity (Wildman–Crippen MR) is 56.9 cm³/mol. The third-order valence-electron chi connectivity index (χ3n) is 1.95. The van der Waals surface area contributed by atoms with Crippen molar-refractivity contribution in [2.45, 2.75) is 46.6 Å². The van der Waals surface area contributed by atoms with Crippen molar-refractivity contribution in [2.75, 3.05) is 6.61 Å². The van der Waals surface area contributed by atoms with E-state index in [1.807, 2.05) is 20.8 Å². The maximum atomic E-state index is 11.1. The first kappa shape index (κ1) is 14.0. The van der Waals surface area contributed by atoms with Crippen LogP contribution < -0.4 is 0 Å². The van der Waals surface area contributed by atoms with Gasteiger partial charge in [-0.05, 0) is 34.1 Å². The highest BCUT2D eigenvalue weighted by molar-refractivity contribution is 5.87. The van der Waals surface area contributed by atoms with Crippen LogP contribution in [0.4, 0.5) is 0 Å². The molecule has 0 spiro atoms. The molecule has 0 aromatic carbocycles. The molecule has 0 rings (SSSR count). The summed E-state index contributed by atoms with van der Waals surface area (Å²) in [6.45, 7) is 9.51. The normalized spacial score (nSPS) is 12.5. The van der Waals surface area contributed by atoms with E-state index in [4.69, 9.17) is 14.5 Å². The van der Waals surface area contributed by atoms with E-state index in [-0.39, 0.29) is 5.60 Å². The van der Waals surface area contributed by atoms with Crippen LogP contribution in [0.3, 0.4) is 0 Å². The SMILES string of the molecule is CCOC(=O)C(C)=COOC(C)(C)CC. The van der Waals surface area contributed by atoms with E-state index < -0.39 is 5.97 Å². The van der Waals surface area contributed by atoms with Crippen molar-refractivity contribution in [1.82, 2.24) is 0 Å². The Hall–Kier alpha value is -1.03. The predicted octanol–water partition coefficient (Wildman–Crippen LogP) is 2.59. The van der Waals surface area contributed by atoms with Crippen molar-refractivity contribution >= 4 is 5.97 Å². The van der Waals surface area contributed by atoms with Crippen molar-refractivity contribution < 1.29 is 19.3 Å². The molecule has 0 radical (unpaired) electrons. The second-order valence-electron chi connectivity index (χ2n) is 3.81. The van der Waals surface area contributed by atoms with Crippen molar-refractivity contribution in [3.05, 3.63) is 11.8 Å². The lowest BCUT2D eigenvalue weighted by Gasteiger charge is -2.20. The summed E-state index contributed by atoms with van der Waals surface area (Å²) < 4.78 is 4.77. The zero-order chi connectivity index (χ0) is 11.9. The van der Waals surface area contributed by atoms with Gasteiger partial charge in [-0.3, -0.25) is 0 Å². The van der Waals surface area contributed by atoms with Crippen LogP contribution in [0.15, 0.2) is 11.8 Å². The zero-order valence-electron chi connectivity index (χ0n) is 10.1. The van der Waals surface area contributed by atoms with Gasteiger partial charge in [-0.25, -0.2) is 4.79 Å². The quantitative estimate of drug-likeness (QED) is 0.225. The van der Waals surface area contributed by atoms with E-state index in [2.05, 4.69) is 0 Å². The molecular weight excluding hydrogens is 196 g/mol. The van der Waals surface area contributed by atoms with Gasteiger partial charge < -0.3 is 9.62 Å². The molecule has 0 atom stereocenters. The molecule has 0 aliphatic heterocycles. The molecule has 0 aromatic heterocycles. The first-order valence-corrected chi connectivity index (χ1v) is 5.11. The van der Waals surface area contributed by atoms with Crippen LogP contribution in [0.2, 0.25) is 0 Å². The van der Waals surface area contributed by atoms with Crippen LogP contribution in [-0.4, -0.2) is 18.2 Å². The van der Waals surface area contributed by atoms with Gasteiger partial charge in [-0.2, -0.15) is 4.89 Å². The minimum Gasteiger partial charge on any atom is -0.463 e. The average molecular weight is 216 g/mol. The molecule has 0 aliphatic carbocycles. The van der Waals surface area contributed by atoms with Gasteiger partial charge in [-0.1, -0.05) is 6.92 Å². The number of ether oxygens (including phenoxy) is 1. The summed E-state index contributed by atoms with van der Waals surface area (Å²) in [5.74, 6) is -0.393. The van der Waals surface area contributed by atoms with Crippen molar-refractivity contribution in [3.63, 3.8) is 0 Å². The third kappa shape index (κ3) is 6.12. The fourth-order valence-corrected chi connectivity index (χ4v) is 0.578. The number of esters is 1. The van der Waals surface area contributed by atoms with E-state index in [0.717, 1.165) is 6.42 Å². The standard InChI is InChI=1S/C11H20O4/c1-6-11(4,5)15-14-8-9(3)10(12)13-7-2/h8H,6-7H2,1-5H3. The molecule has 0 aliphatic rings. The smallest absolute Gasteiger partial charge is 0.336 e. The van der Waals surface area contributed by atoms with E-state index in [0.29, 0.717) is 12.2 Å². The van der Waals surface area contributed by atoms with Gasteiger partial charge in [0.2, 0.25) is 0 Å². The van der Waals surface area contributed by atoms with Gasteiger partial charge in [0.25, 0.3) is 0 Å². The van der Waals surface area contributed by atoms with Gasteiger partial charge in [0, 0.05) is 0 Å². The van der Waals surface area contributed by atoms with Crippen LogP contribution in [0.5, 0.6) is 0 Å². The van der Waals surface area contributed by atoms with Crippen LogP contribution in [0, 0.1) is 0 Å². The van der Waals surface area contributed by atoms with E-state index in [1.54, 1.807) is 13.8 Å². The molecule has 0 saturated heterocycles. The second kappa shape index (κ2) is 6.45. The number of carbonyl (C=O) groups excluding carboxylic acids is 1. The molecule has 0 aromatic rings. The summed E-state index contributed by atoms with van der Waals surface area (Å²) in [5, 5.41) is 0. The van der Waals surface area contributed by atoms with Gasteiger partial charge in [0.15, 0.2) is 0 Å². The number of carbonyl (C=O) groups is 1. The monoisotopic (exact) mass is 216 g/mol. The Kier molecular flexibility index (Phi) is 6.01.